The first-order valence-electron chi connectivity index (χ1n) is 7.12. The second-order valence-corrected chi connectivity index (χ2v) is 7.03. The maximum absolute atomic E-state index is 12.7. The van der Waals surface area contributed by atoms with Crippen LogP contribution >= 0.6 is 0 Å². The zero-order valence-electron chi connectivity index (χ0n) is 12.3. The predicted octanol–water partition coefficient (Wildman–Crippen LogP) is 0.859. The van der Waals surface area contributed by atoms with Crippen molar-refractivity contribution in [1.82, 2.24) is 14.3 Å². The molecule has 0 atom stereocenters. The van der Waals surface area contributed by atoms with Crippen LogP contribution in [0.25, 0.3) is 0 Å². The van der Waals surface area contributed by atoms with Gasteiger partial charge >= 0.3 is 0 Å². The summed E-state index contributed by atoms with van der Waals surface area (Å²) in [6, 6.07) is 8.06. The van der Waals surface area contributed by atoms with Crippen LogP contribution in [0.1, 0.15) is 5.56 Å². The third kappa shape index (κ3) is 3.16. The topological polar surface area (TPSA) is 90.2 Å². The predicted molar refractivity (Wildman–Crippen MR) is 84.2 cm³/mol. The van der Waals surface area contributed by atoms with E-state index in [1.807, 2.05) is 11.0 Å². The van der Waals surface area contributed by atoms with Crippen LogP contribution in [0.5, 0.6) is 0 Å². The molecule has 0 aliphatic carbocycles. The van der Waals surface area contributed by atoms with Gasteiger partial charge in [-0.2, -0.15) is 9.57 Å². The van der Waals surface area contributed by atoms with Gasteiger partial charge in [-0.1, -0.05) is 6.07 Å². The van der Waals surface area contributed by atoms with Crippen LogP contribution in [0.4, 0.5) is 5.82 Å². The van der Waals surface area contributed by atoms with E-state index in [0.717, 1.165) is 5.82 Å². The molecular formula is C15H15N5O2S. The lowest BCUT2D eigenvalue weighted by molar-refractivity contribution is 0.383. The molecule has 1 aliphatic heterocycles. The lowest BCUT2D eigenvalue weighted by Gasteiger charge is -2.34. The standard InChI is InChI=1S/C15H15N5O2S/c16-11-13-2-1-3-14(10-13)23(21,22)20-8-6-19(7-9-20)15-12-17-4-5-18-15/h1-5,10,12H,6-9H2. The molecule has 1 aromatic heterocycles. The molecule has 2 aromatic rings. The normalized spacial score (nSPS) is 16.0. The fourth-order valence-corrected chi connectivity index (χ4v) is 3.96. The summed E-state index contributed by atoms with van der Waals surface area (Å²) in [4.78, 5) is 10.4. The molecule has 0 bridgehead atoms. The third-order valence-electron chi connectivity index (χ3n) is 3.71. The van der Waals surface area contributed by atoms with Gasteiger partial charge in [-0.3, -0.25) is 4.98 Å². The number of nitriles is 1. The molecule has 0 amide bonds. The van der Waals surface area contributed by atoms with Crippen molar-refractivity contribution in [3.05, 3.63) is 48.4 Å². The first-order valence-corrected chi connectivity index (χ1v) is 8.56. The number of aromatic nitrogens is 2. The number of hydrogen-bond acceptors (Lipinski definition) is 6. The van der Waals surface area contributed by atoms with Crippen LogP contribution < -0.4 is 4.90 Å². The molecule has 118 valence electrons. The lowest BCUT2D eigenvalue weighted by atomic mass is 10.2. The molecule has 0 saturated carbocycles. The molecule has 8 heteroatoms. The molecular weight excluding hydrogens is 314 g/mol. The Bertz CT molecular complexity index is 824. The quantitative estimate of drug-likeness (QED) is 0.829. The first kappa shape index (κ1) is 15.4. The Hall–Kier alpha value is -2.50. The molecule has 1 saturated heterocycles. The molecule has 1 aliphatic rings. The minimum atomic E-state index is -3.58. The molecule has 23 heavy (non-hydrogen) atoms. The highest BCUT2D eigenvalue weighted by molar-refractivity contribution is 7.89. The summed E-state index contributed by atoms with van der Waals surface area (Å²) in [6.45, 7) is 1.84. The summed E-state index contributed by atoms with van der Waals surface area (Å²) in [5.41, 5.74) is 0.337. The van der Waals surface area contributed by atoms with Gasteiger partial charge in [0.05, 0.1) is 22.7 Å². The minimum Gasteiger partial charge on any atom is -0.353 e. The van der Waals surface area contributed by atoms with Gasteiger partial charge in [0.1, 0.15) is 5.82 Å². The van der Waals surface area contributed by atoms with E-state index in [4.69, 9.17) is 5.26 Å². The van der Waals surface area contributed by atoms with Crippen molar-refractivity contribution in [2.75, 3.05) is 31.1 Å². The average Bonchev–Trinajstić information content (AvgIpc) is 2.62. The van der Waals surface area contributed by atoms with Crippen molar-refractivity contribution >= 4 is 15.8 Å². The van der Waals surface area contributed by atoms with Gasteiger partial charge in [0.15, 0.2) is 0 Å². The van der Waals surface area contributed by atoms with Crippen LogP contribution in [0.15, 0.2) is 47.8 Å². The van der Waals surface area contributed by atoms with E-state index >= 15 is 0 Å². The van der Waals surface area contributed by atoms with Crippen molar-refractivity contribution in [3.8, 4) is 6.07 Å². The van der Waals surface area contributed by atoms with E-state index in [1.54, 1.807) is 30.7 Å². The number of piperazine rings is 1. The van der Waals surface area contributed by atoms with Crippen LogP contribution in [0.3, 0.4) is 0 Å². The maximum Gasteiger partial charge on any atom is 0.243 e. The summed E-state index contributed by atoms with van der Waals surface area (Å²) >= 11 is 0. The van der Waals surface area contributed by atoms with Crippen LogP contribution in [-0.4, -0.2) is 48.9 Å². The lowest BCUT2D eigenvalue weighted by Crippen LogP contribution is -2.48. The Morgan fingerprint density at radius 1 is 1.13 bits per heavy atom. The number of nitrogens with zero attached hydrogens (tertiary/aromatic N) is 5. The van der Waals surface area contributed by atoms with Crippen LogP contribution in [0.2, 0.25) is 0 Å². The summed E-state index contributed by atoms with van der Waals surface area (Å²) in [7, 11) is -3.58. The van der Waals surface area contributed by atoms with Crippen molar-refractivity contribution < 1.29 is 8.42 Å². The Labute approximate surface area is 134 Å². The Balaban J connectivity index is 1.75. The molecule has 2 heterocycles. The maximum atomic E-state index is 12.7. The molecule has 0 spiro atoms. The fourth-order valence-electron chi connectivity index (χ4n) is 2.49. The Morgan fingerprint density at radius 2 is 1.91 bits per heavy atom. The molecule has 1 aromatic carbocycles. The number of rotatable bonds is 3. The molecule has 3 rings (SSSR count). The van der Waals surface area contributed by atoms with E-state index in [-0.39, 0.29) is 4.90 Å². The van der Waals surface area contributed by atoms with E-state index in [0.29, 0.717) is 31.7 Å². The first-order chi connectivity index (χ1) is 11.1. The zero-order valence-corrected chi connectivity index (χ0v) is 13.1. The number of benzene rings is 1. The minimum absolute atomic E-state index is 0.157. The molecule has 0 N–H and O–H groups in total. The summed E-state index contributed by atoms with van der Waals surface area (Å²) < 4.78 is 26.8. The summed E-state index contributed by atoms with van der Waals surface area (Å²) in [5, 5.41) is 8.92. The number of anilines is 1. The zero-order chi connectivity index (χ0) is 16.3. The Morgan fingerprint density at radius 3 is 2.57 bits per heavy atom. The largest absolute Gasteiger partial charge is 0.353 e. The second-order valence-electron chi connectivity index (χ2n) is 5.09. The smallest absolute Gasteiger partial charge is 0.243 e. The average molecular weight is 329 g/mol. The van der Waals surface area contributed by atoms with Gasteiger partial charge in [0.25, 0.3) is 0 Å². The van der Waals surface area contributed by atoms with E-state index < -0.39 is 10.0 Å². The molecule has 7 nitrogen and oxygen atoms in total. The number of sulfonamides is 1. The molecule has 0 radical (unpaired) electrons. The van der Waals surface area contributed by atoms with E-state index in [2.05, 4.69) is 9.97 Å². The third-order valence-corrected chi connectivity index (χ3v) is 5.61. The summed E-state index contributed by atoms with van der Waals surface area (Å²) in [6.07, 6.45) is 4.89. The highest BCUT2D eigenvalue weighted by Gasteiger charge is 2.29. The second kappa shape index (κ2) is 6.32. The Kier molecular flexibility index (Phi) is 4.23. The fraction of sp³-hybridized carbons (Fsp3) is 0.267. The van der Waals surface area contributed by atoms with Gasteiger partial charge < -0.3 is 4.90 Å². The van der Waals surface area contributed by atoms with Gasteiger partial charge in [-0.15, -0.1) is 0 Å². The van der Waals surface area contributed by atoms with Gasteiger partial charge in [0.2, 0.25) is 10.0 Å². The highest BCUT2D eigenvalue weighted by atomic mass is 32.2. The monoisotopic (exact) mass is 329 g/mol. The van der Waals surface area contributed by atoms with Crippen molar-refractivity contribution in [1.29, 1.82) is 5.26 Å². The van der Waals surface area contributed by atoms with E-state index in [1.165, 1.54) is 16.4 Å². The van der Waals surface area contributed by atoms with Crippen LogP contribution in [0, 0.1) is 11.3 Å². The van der Waals surface area contributed by atoms with E-state index in [9.17, 15) is 8.42 Å². The van der Waals surface area contributed by atoms with Gasteiger partial charge in [-0.25, -0.2) is 13.4 Å². The SMILES string of the molecule is N#Cc1cccc(S(=O)(=O)N2CCN(c3cnccn3)CC2)c1. The number of hydrogen-bond donors (Lipinski definition) is 0. The van der Waals surface area contributed by atoms with Crippen LogP contribution in [-0.2, 0) is 10.0 Å². The molecule has 1 fully saturated rings. The van der Waals surface area contributed by atoms with Crippen molar-refractivity contribution in [3.63, 3.8) is 0 Å². The van der Waals surface area contributed by atoms with Crippen molar-refractivity contribution in [2.45, 2.75) is 4.90 Å². The summed E-state index contributed by atoms with van der Waals surface area (Å²) in [5.74, 6) is 0.746. The van der Waals surface area contributed by atoms with Gasteiger partial charge in [-0.05, 0) is 18.2 Å². The molecule has 0 unspecified atom stereocenters. The highest BCUT2D eigenvalue weighted by Crippen LogP contribution is 2.20. The van der Waals surface area contributed by atoms with Crippen molar-refractivity contribution in [2.24, 2.45) is 0 Å². The van der Waals surface area contributed by atoms with Gasteiger partial charge in [0, 0.05) is 38.6 Å².